The van der Waals surface area contributed by atoms with Crippen LogP contribution in [0, 0.1) is 0 Å². The Morgan fingerprint density at radius 2 is 1.81 bits per heavy atom. The van der Waals surface area contributed by atoms with E-state index in [1.54, 1.807) is 12.1 Å². The number of fused-ring (bicyclic) bond motifs is 1. The molecule has 0 aliphatic carbocycles. The van der Waals surface area contributed by atoms with Crippen molar-refractivity contribution in [3.05, 3.63) is 53.7 Å². The normalized spacial score (nSPS) is 15.5. The number of nitrogen functional groups attached to an aromatic ring is 1. The average Bonchev–Trinajstić information content (AvgIpc) is 3.02. The number of aromatic nitrogens is 3. The van der Waals surface area contributed by atoms with E-state index in [4.69, 9.17) is 5.73 Å². The van der Waals surface area contributed by atoms with Crippen LogP contribution in [0.1, 0.15) is 16.1 Å². The summed E-state index contributed by atoms with van der Waals surface area (Å²) < 4.78 is 1.31. The van der Waals surface area contributed by atoms with Gasteiger partial charge in [-0.1, -0.05) is 30.3 Å². The average molecular weight is 352 g/mol. The zero-order valence-electron chi connectivity index (χ0n) is 14.2. The quantitative estimate of drug-likeness (QED) is 0.731. The molecule has 4 rings (SSSR count). The number of carboxylic acid groups (broad SMARTS) is 1. The lowest BCUT2D eigenvalue weighted by Gasteiger charge is -2.36. The van der Waals surface area contributed by atoms with Crippen molar-refractivity contribution in [1.29, 1.82) is 0 Å². The van der Waals surface area contributed by atoms with Gasteiger partial charge in [-0.25, -0.2) is 9.31 Å². The molecule has 1 aromatic carbocycles. The summed E-state index contributed by atoms with van der Waals surface area (Å²) in [5.74, 6) is -0.973. The molecule has 3 aromatic rings. The Balaban J connectivity index is 1.54. The molecule has 1 aliphatic heterocycles. The summed E-state index contributed by atoms with van der Waals surface area (Å²) >= 11 is 0. The Kier molecular flexibility index (Phi) is 4.18. The number of rotatable bonds is 4. The van der Waals surface area contributed by atoms with E-state index in [9.17, 15) is 9.90 Å². The second-order valence-electron chi connectivity index (χ2n) is 6.36. The zero-order chi connectivity index (χ0) is 18.1. The Hall–Kier alpha value is -3.13. The maximum absolute atomic E-state index is 11.8. The first-order chi connectivity index (χ1) is 12.6. The molecule has 0 spiro atoms. The molecule has 3 N–H and O–H groups in total. The minimum atomic E-state index is -1.04. The number of benzene rings is 1. The van der Waals surface area contributed by atoms with Gasteiger partial charge in [-0.05, 0) is 17.7 Å². The van der Waals surface area contributed by atoms with Crippen molar-refractivity contribution in [3.63, 3.8) is 0 Å². The summed E-state index contributed by atoms with van der Waals surface area (Å²) in [5, 5.41) is 13.7. The summed E-state index contributed by atoms with van der Waals surface area (Å²) in [6, 6.07) is 13.9. The Morgan fingerprint density at radius 3 is 2.50 bits per heavy atom. The summed E-state index contributed by atoms with van der Waals surface area (Å²) in [6.07, 6.45) is 0. The van der Waals surface area contributed by atoms with Crippen LogP contribution in [0.5, 0.6) is 0 Å². The first-order valence-corrected chi connectivity index (χ1v) is 8.51. The van der Waals surface area contributed by atoms with Gasteiger partial charge >= 0.3 is 5.97 Å². The molecule has 1 aliphatic rings. The molecule has 2 aromatic heterocycles. The number of nitrogens with zero attached hydrogens (tertiary/aromatic N) is 5. The van der Waals surface area contributed by atoms with E-state index in [0.717, 1.165) is 32.7 Å². The van der Waals surface area contributed by atoms with Crippen LogP contribution in [-0.4, -0.2) is 56.8 Å². The number of piperazine rings is 1. The fourth-order valence-electron chi connectivity index (χ4n) is 3.40. The van der Waals surface area contributed by atoms with Crippen LogP contribution in [0.4, 0.5) is 11.6 Å². The van der Waals surface area contributed by atoms with Crippen LogP contribution < -0.4 is 10.6 Å². The summed E-state index contributed by atoms with van der Waals surface area (Å²) in [4.78, 5) is 20.3. The maximum atomic E-state index is 11.8. The van der Waals surface area contributed by atoms with Crippen LogP contribution in [0.25, 0.3) is 5.65 Å². The third-order valence-electron chi connectivity index (χ3n) is 4.66. The number of anilines is 2. The van der Waals surface area contributed by atoms with Gasteiger partial charge in [0.1, 0.15) is 0 Å². The van der Waals surface area contributed by atoms with Gasteiger partial charge in [0.05, 0.1) is 5.69 Å². The molecular weight excluding hydrogens is 332 g/mol. The second kappa shape index (κ2) is 6.64. The van der Waals surface area contributed by atoms with Gasteiger partial charge in [-0.3, -0.25) is 4.90 Å². The molecule has 1 saturated heterocycles. The van der Waals surface area contributed by atoms with Gasteiger partial charge in [0.2, 0.25) is 5.95 Å². The number of hydrogen-bond donors (Lipinski definition) is 2. The highest BCUT2D eigenvalue weighted by molar-refractivity contribution is 5.93. The highest BCUT2D eigenvalue weighted by Gasteiger charge is 2.24. The first kappa shape index (κ1) is 16.3. The zero-order valence-corrected chi connectivity index (χ0v) is 14.2. The lowest BCUT2D eigenvalue weighted by molar-refractivity contribution is 0.0688. The van der Waals surface area contributed by atoms with Crippen molar-refractivity contribution in [2.75, 3.05) is 36.8 Å². The van der Waals surface area contributed by atoms with E-state index in [2.05, 4.69) is 32.0 Å². The van der Waals surface area contributed by atoms with Gasteiger partial charge in [0.15, 0.2) is 11.3 Å². The third kappa shape index (κ3) is 3.06. The highest BCUT2D eigenvalue weighted by Crippen LogP contribution is 2.24. The van der Waals surface area contributed by atoms with Crippen LogP contribution in [-0.2, 0) is 6.54 Å². The summed E-state index contributed by atoms with van der Waals surface area (Å²) in [5.41, 5.74) is 8.09. The van der Waals surface area contributed by atoms with Crippen LogP contribution in [0.2, 0.25) is 0 Å². The molecule has 0 radical (unpaired) electrons. The number of hydrogen-bond acceptors (Lipinski definition) is 6. The highest BCUT2D eigenvalue weighted by atomic mass is 16.4. The number of pyridine rings is 1. The van der Waals surface area contributed by atoms with Crippen LogP contribution in [0.3, 0.4) is 0 Å². The molecule has 0 bridgehead atoms. The molecule has 1 fully saturated rings. The van der Waals surface area contributed by atoms with Gasteiger partial charge in [-0.2, -0.15) is 4.98 Å². The molecule has 134 valence electrons. The van der Waals surface area contributed by atoms with E-state index in [1.807, 2.05) is 18.2 Å². The van der Waals surface area contributed by atoms with Crippen LogP contribution >= 0.6 is 0 Å². The fourth-order valence-corrected chi connectivity index (χ4v) is 3.40. The van der Waals surface area contributed by atoms with Crippen molar-refractivity contribution in [2.24, 2.45) is 0 Å². The molecule has 26 heavy (non-hydrogen) atoms. The molecule has 0 unspecified atom stereocenters. The lowest BCUT2D eigenvalue weighted by Crippen LogP contribution is -2.46. The maximum Gasteiger partial charge on any atom is 0.356 e. The molecule has 3 heterocycles. The number of aromatic carboxylic acids is 1. The summed E-state index contributed by atoms with van der Waals surface area (Å²) in [6.45, 7) is 4.14. The van der Waals surface area contributed by atoms with E-state index in [0.29, 0.717) is 11.3 Å². The molecule has 0 amide bonds. The van der Waals surface area contributed by atoms with Crippen molar-refractivity contribution in [1.82, 2.24) is 19.5 Å². The van der Waals surface area contributed by atoms with Gasteiger partial charge < -0.3 is 15.7 Å². The molecule has 8 nitrogen and oxygen atoms in total. The summed E-state index contributed by atoms with van der Waals surface area (Å²) in [7, 11) is 0. The molecule has 8 heteroatoms. The predicted octanol–water partition coefficient (Wildman–Crippen LogP) is 1.33. The van der Waals surface area contributed by atoms with Crippen molar-refractivity contribution in [3.8, 4) is 0 Å². The predicted molar refractivity (Wildman–Crippen MR) is 98.3 cm³/mol. The van der Waals surface area contributed by atoms with Gasteiger partial charge in [-0.15, -0.1) is 5.10 Å². The largest absolute Gasteiger partial charge is 0.476 e. The Labute approximate surface area is 150 Å². The van der Waals surface area contributed by atoms with Gasteiger partial charge in [0, 0.05) is 32.7 Å². The minimum Gasteiger partial charge on any atom is -0.476 e. The van der Waals surface area contributed by atoms with E-state index in [-0.39, 0.29) is 11.6 Å². The number of carboxylic acids is 1. The number of nitrogens with two attached hydrogens (primary N) is 1. The van der Waals surface area contributed by atoms with Crippen molar-refractivity contribution < 1.29 is 9.90 Å². The lowest BCUT2D eigenvalue weighted by atomic mass is 10.2. The molecule has 0 saturated carbocycles. The monoisotopic (exact) mass is 352 g/mol. The second-order valence-corrected chi connectivity index (χ2v) is 6.36. The molecule has 0 atom stereocenters. The van der Waals surface area contributed by atoms with Crippen LogP contribution in [0.15, 0.2) is 42.5 Å². The third-order valence-corrected chi connectivity index (χ3v) is 4.66. The smallest absolute Gasteiger partial charge is 0.356 e. The van der Waals surface area contributed by atoms with Crippen molar-refractivity contribution in [2.45, 2.75) is 6.54 Å². The SMILES string of the molecule is Nc1nc2ccc(N3CCN(Cc4ccccc4)CC3)c(C(=O)O)n2n1. The van der Waals surface area contributed by atoms with E-state index < -0.39 is 5.97 Å². The minimum absolute atomic E-state index is 0.0670. The number of carbonyl (C=O) groups is 1. The Morgan fingerprint density at radius 1 is 1.08 bits per heavy atom. The standard InChI is InChI=1S/C18H20N6O2/c19-18-20-15-7-6-14(16(17(25)26)24(15)21-18)23-10-8-22(9-11-23)12-13-4-2-1-3-5-13/h1-7H,8-12H2,(H2,19,21)(H,25,26). The van der Waals surface area contributed by atoms with Gasteiger partial charge in [0.25, 0.3) is 0 Å². The van der Waals surface area contributed by atoms with E-state index >= 15 is 0 Å². The van der Waals surface area contributed by atoms with E-state index in [1.165, 1.54) is 10.1 Å². The topological polar surface area (TPSA) is 100.0 Å². The first-order valence-electron chi connectivity index (χ1n) is 8.51. The van der Waals surface area contributed by atoms with Crippen molar-refractivity contribution >= 4 is 23.3 Å². The Bertz CT molecular complexity index is 932. The molecular formula is C18H20N6O2. The fraction of sp³-hybridized carbons (Fsp3) is 0.278.